The molecule has 1 amide bonds. The molecule has 0 atom stereocenters. The number of nitrogens with zero attached hydrogens (tertiary/aromatic N) is 5. The summed E-state index contributed by atoms with van der Waals surface area (Å²) in [6, 6.07) is 15.4. The van der Waals surface area contributed by atoms with Gasteiger partial charge in [-0.3, -0.25) is 14.0 Å². The monoisotopic (exact) mass is 475 g/mol. The lowest BCUT2D eigenvalue weighted by atomic mass is 10.0. The molecule has 0 saturated carbocycles. The van der Waals surface area contributed by atoms with Gasteiger partial charge in [0, 0.05) is 13.1 Å². The average Bonchev–Trinajstić information content (AvgIpc) is 3.07. The Balaban J connectivity index is 1.61. The van der Waals surface area contributed by atoms with Crippen molar-refractivity contribution < 1.29 is 4.79 Å². The average molecular weight is 476 g/mol. The fraction of sp³-hybridized carbons (Fsp3) is 0.385. The topological polar surface area (TPSA) is 72.5 Å². The van der Waals surface area contributed by atoms with E-state index in [4.69, 9.17) is 0 Å². The maximum atomic E-state index is 13.6. The van der Waals surface area contributed by atoms with Crippen molar-refractivity contribution in [1.82, 2.24) is 24.1 Å². The molecule has 1 saturated heterocycles. The van der Waals surface area contributed by atoms with Crippen molar-refractivity contribution in [2.75, 3.05) is 18.8 Å². The van der Waals surface area contributed by atoms with Gasteiger partial charge in [0.05, 0.1) is 22.3 Å². The highest BCUT2D eigenvalue weighted by Gasteiger charge is 2.22. The van der Waals surface area contributed by atoms with Crippen LogP contribution in [0.15, 0.2) is 58.5 Å². The third-order valence-corrected chi connectivity index (χ3v) is 7.39. The van der Waals surface area contributed by atoms with Crippen LogP contribution in [-0.2, 0) is 4.79 Å². The number of carbonyl (C=O) groups excluding carboxylic acids is 1. The lowest BCUT2D eigenvalue weighted by Crippen LogP contribution is -2.33. The molecule has 1 aliphatic rings. The Morgan fingerprint density at radius 1 is 0.971 bits per heavy atom. The van der Waals surface area contributed by atoms with Crippen molar-refractivity contribution >= 4 is 34.3 Å². The van der Waals surface area contributed by atoms with E-state index in [0.717, 1.165) is 42.7 Å². The lowest BCUT2D eigenvalue weighted by Gasteiger charge is -2.19. The predicted octanol–water partition coefficient (Wildman–Crippen LogP) is 4.65. The highest BCUT2D eigenvalue weighted by Crippen LogP contribution is 2.27. The van der Waals surface area contributed by atoms with E-state index in [0.29, 0.717) is 22.1 Å². The summed E-state index contributed by atoms with van der Waals surface area (Å²) in [5, 5.41) is 10.1. The number of aromatic nitrogens is 4. The molecule has 2 aromatic carbocycles. The summed E-state index contributed by atoms with van der Waals surface area (Å²) in [5.74, 6) is 1.13. The summed E-state index contributed by atoms with van der Waals surface area (Å²) in [6.45, 7) is 5.88. The van der Waals surface area contributed by atoms with Crippen molar-refractivity contribution in [3.05, 3.63) is 64.4 Å². The van der Waals surface area contributed by atoms with E-state index < -0.39 is 0 Å². The number of thioether (sulfide) groups is 1. The van der Waals surface area contributed by atoms with Gasteiger partial charge in [-0.05, 0) is 42.5 Å². The zero-order valence-electron chi connectivity index (χ0n) is 19.6. The van der Waals surface area contributed by atoms with E-state index in [-0.39, 0.29) is 17.4 Å². The summed E-state index contributed by atoms with van der Waals surface area (Å²) < 4.78 is 3.57. The zero-order chi connectivity index (χ0) is 23.7. The first-order chi connectivity index (χ1) is 16.6. The van der Waals surface area contributed by atoms with Crippen LogP contribution < -0.4 is 5.56 Å². The first-order valence-electron chi connectivity index (χ1n) is 11.9. The quantitative estimate of drug-likeness (QED) is 0.393. The maximum absolute atomic E-state index is 13.6. The van der Waals surface area contributed by atoms with Gasteiger partial charge in [0.25, 0.3) is 5.56 Å². The SMILES string of the molecule is CC(C)c1ccccc1-n1c(=O)c2ccccc2n2c(SCC(=O)N3CCCCCC3)nnc12. The van der Waals surface area contributed by atoms with Gasteiger partial charge in [0.15, 0.2) is 5.16 Å². The molecule has 1 aliphatic heterocycles. The van der Waals surface area contributed by atoms with Gasteiger partial charge in [-0.15, -0.1) is 10.2 Å². The summed E-state index contributed by atoms with van der Waals surface area (Å²) >= 11 is 1.38. The van der Waals surface area contributed by atoms with Crippen molar-refractivity contribution in [3.8, 4) is 5.69 Å². The maximum Gasteiger partial charge on any atom is 0.267 e. The van der Waals surface area contributed by atoms with Gasteiger partial charge >= 0.3 is 0 Å². The van der Waals surface area contributed by atoms with Crippen LogP contribution in [0.2, 0.25) is 0 Å². The number of rotatable bonds is 5. The van der Waals surface area contributed by atoms with E-state index in [1.54, 1.807) is 4.57 Å². The normalized spacial score (nSPS) is 14.7. The molecule has 3 heterocycles. The Labute approximate surface area is 202 Å². The van der Waals surface area contributed by atoms with Gasteiger partial charge in [-0.1, -0.05) is 68.8 Å². The third kappa shape index (κ3) is 4.11. The minimum atomic E-state index is -0.124. The third-order valence-electron chi connectivity index (χ3n) is 6.48. The Morgan fingerprint density at radius 2 is 1.68 bits per heavy atom. The van der Waals surface area contributed by atoms with Crippen LogP contribution in [0, 0.1) is 0 Å². The van der Waals surface area contributed by atoms with Gasteiger partial charge in [0.2, 0.25) is 11.7 Å². The molecule has 0 unspecified atom stereocenters. The first-order valence-corrected chi connectivity index (χ1v) is 12.9. The number of para-hydroxylation sites is 2. The molecule has 0 radical (unpaired) electrons. The lowest BCUT2D eigenvalue weighted by molar-refractivity contribution is -0.128. The first kappa shape index (κ1) is 22.7. The highest BCUT2D eigenvalue weighted by molar-refractivity contribution is 7.99. The molecule has 34 heavy (non-hydrogen) atoms. The second kappa shape index (κ2) is 9.62. The molecule has 8 heteroatoms. The van der Waals surface area contributed by atoms with Gasteiger partial charge in [0.1, 0.15) is 0 Å². The van der Waals surface area contributed by atoms with Crippen LogP contribution in [0.1, 0.15) is 51.0 Å². The molecule has 0 N–H and O–H groups in total. The van der Waals surface area contributed by atoms with E-state index in [9.17, 15) is 9.59 Å². The molecular formula is C26H29N5O2S. The van der Waals surface area contributed by atoms with E-state index in [1.165, 1.54) is 24.6 Å². The Morgan fingerprint density at radius 3 is 2.44 bits per heavy atom. The minimum absolute atomic E-state index is 0.124. The molecule has 176 valence electrons. The molecule has 0 aliphatic carbocycles. The molecule has 0 spiro atoms. The molecule has 7 nitrogen and oxygen atoms in total. The summed E-state index contributed by atoms with van der Waals surface area (Å²) in [4.78, 5) is 28.5. The van der Waals surface area contributed by atoms with E-state index in [1.807, 2.05) is 57.8 Å². The number of likely N-dealkylation sites (tertiary alicyclic amines) is 1. The van der Waals surface area contributed by atoms with Crippen LogP contribution >= 0.6 is 11.8 Å². The number of hydrogen-bond donors (Lipinski definition) is 0. The fourth-order valence-corrected chi connectivity index (χ4v) is 5.55. The number of benzene rings is 2. The standard InChI is InChI=1S/C26H29N5O2S/c1-18(2)19-11-5-7-13-21(19)30-24(33)20-12-6-8-14-22(20)31-25(30)27-28-26(31)34-17-23(32)29-15-9-3-4-10-16-29/h5-8,11-14,18H,3-4,9-10,15-17H2,1-2H3. The van der Waals surface area contributed by atoms with Crippen molar-refractivity contribution in [2.45, 2.75) is 50.6 Å². The smallest absolute Gasteiger partial charge is 0.267 e. The van der Waals surface area contributed by atoms with Crippen LogP contribution in [-0.4, -0.2) is 48.8 Å². The number of amides is 1. The zero-order valence-corrected chi connectivity index (χ0v) is 20.4. The molecular weight excluding hydrogens is 446 g/mol. The Hall–Kier alpha value is -3.13. The molecule has 0 bridgehead atoms. The highest BCUT2D eigenvalue weighted by atomic mass is 32.2. The number of carbonyl (C=O) groups is 1. The molecule has 4 aromatic rings. The Kier molecular flexibility index (Phi) is 6.41. The largest absolute Gasteiger partial charge is 0.342 e. The minimum Gasteiger partial charge on any atom is -0.342 e. The van der Waals surface area contributed by atoms with Gasteiger partial charge in [-0.2, -0.15) is 0 Å². The second-order valence-electron chi connectivity index (χ2n) is 9.07. The summed E-state index contributed by atoms with van der Waals surface area (Å²) in [5.41, 5.74) is 2.49. The molecule has 2 aromatic heterocycles. The summed E-state index contributed by atoms with van der Waals surface area (Å²) in [7, 11) is 0. The van der Waals surface area contributed by atoms with Crippen LogP contribution in [0.3, 0.4) is 0 Å². The predicted molar refractivity (Wildman–Crippen MR) is 136 cm³/mol. The van der Waals surface area contributed by atoms with Gasteiger partial charge in [-0.25, -0.2) is 4.57 Å². The Bertz CT molecular complexity index is 1400. The molecule has 1 fully saturated rings. The fourth-order valence-electron chi connectivity index (χ4n) is 4.71. The molecule has 5 rings (SSSR count). The second-order valence-corrected chi connectivity index (χ2v) is 10.0. The number of hydrogen-bond acceptors (Lipinski definition) is 5. The van der Waals surface area contributed by atoms with Gasteiger partial charge < -0.3 is 4.90 Å². The summed E-state index contributed by atoms with van der Waals surface area (Å²) in [6.07, 6.45) is 4.51. The van der Waals surface area contributed by atoms with Crippen molar-refractivity contribution in [2.24, 2.45) is 0 Å². The van der Waals surface area contributed by atoms with E-state index >= 15 is 0 Å². The van der Waals surface area contributed by atoms with Crippen LogP contribution in [0.25, 0.3) is 22.4 Å². The van der Waals surface area contributed by atoms with Crippen LogP contribution in [0.5, 0.6) is 0 Å². The van der Waals surface area contributed by atoms with Crippen molar-refractivity contribution in [3.63, 3.8) is 0 Å². The van der Waals surface area contributed by atoms with E-state index in [2.05, 4.69) is 24.0 Å². The number of fused-ring (bicyclic) bond motifs is 3. The van der Waals surface area contributed by atoms with Crippen molar-refractivity contribution in [1.29, 1.82) is 0 Å². The van der Waals surface area contributed by atoms with Crippen LogP contribution in [0.4, 0.5) is 0 Å².